The van der Waals surface area contributed by atoms with E-state index in [9.17, 15) is 0 Å². The molecule has 0 heterocycles. The van der Waals surface area contributed by atoms with Crippen molar-refractivity contribution < 1.29 is 4.74 Å². The minimum absolute atomic E-state index is 0.302. The highest BCUT2D eigenvalue weighted by Gasteiger charge is 2.30. The first-order valence-corrected chi connectivity index (χ1v) is 7.16. The van der Waals surface area contributed by atoms with Crippen molar-refractivity contribution in [1.29, 1.82) is 0 Å². The van der Waals surface area contributed by atoms with E-state index in [-0.39, 0.29) is 0 Å². The summed E-state index contributed by atoms with van der Waals surface area (Å²) in [7, 11) is 0. The summed E-state index contributed by atoms with van der Waals surface area (Å²) in [6, 6.07) is 8.34. The van der Waals surface area contributed by atoms with Crippen molar-refractivity contribution in [3.05, 3.63) is 29.8 Å². The van der Waals surface area contributed by atoms with Gasteiger partial charge in [0.2, 0.25) is 0 Å². The summed E-state index contributed by atoms with van der Waals surface area (Å²) in [4.78, 5) is 0. The first-order valence-electron chi connectivity index (χ1n) is 7.16. The van der Waals surface area contributed by atoms with Crippen molar-refractivity contribution in [1.82, 2.24) is 0 Å². The second-order valence-corrected chi connectivity index (χ2v) is 5.55. The zero-order valence-corrected chi connectivity index (χ0v) is 11.6. The van der Waals surface area contributed by atoms with Gasteiger partial charge in [0.25, 0.3) is 0 Å². The quantitative estimate of drug-likeness (QED) is 0.883. The molecule has 1 aliphatic carbocycles. The summed E-state index contributed by atoms with van der Waals surface area (Å²) in [6.45, 7) is 5.11. The topological polar surface area (TPSA) is 35.2 Å². The van der Waals surface area contributed by atoms with Crippen LogP contribution in [0.15, 0.2) is 24.3 Å². The Labute approximate surface area is 111 Å². The van der Waals surface area contributed by atoms with Crippen molar-refractivity contribution in [3.8, 4) is 5.75 Å². The van der Waals surface area contributed by atoms with E-state index in [1.165, 1.54) is 24.8 Å². The van der Waals surface area contributed by atoms with Crippen LogP contribution < -0.4 is 10.5 Å². The maximum absolute atomic E-state index is 6.17. The molecule has 18 heavy (non-hydrogen) atoms. The normalized spacial score (nSPS) is 28.1. The Morgan fingerprint density at radius 3 is 2.56 bits per heavy atom. The number of hydrogen-bond donors (Lipinski definition) is 1. The van der Waals surface area contributed by atoms with Crippen LogP contribution >= 0.6 is 0 Å². The molecule has 0 aliphatic heterocycles. The lowest BCUT2D eigenvalue weighted by Gasteiger charge is -2.35. The zero-order chi connectivity index (χ0) is 13.0. The third-order valence-corrected chi connectivity index (χ3v) is 4.23. The lowest BCUT2D eigenvalue weighted by molar-refractivity contribution is 0.0684. The standard InChI is InChI=1S/C16H25NO/c1-3-13-6-7-14(11-17)16(10-13)18-15-8-4-12(2)5-9-15/h4-5,8-9,13-14,16H,3,6-7,10-11,17H2,1-2H3. The molecule has 2 nitrogen and oxygen atoms in total. The number of hydrogen-bond acceptors (Lipinski definition) is 2. The largest absolute Gasteiger partial charge is 0.490 e. The predicted molar refractivity (Wildman–Crippen MR) is 75.8 cm³/mol. The highest BCUT2D eigenvalue weighted by atomic mass is 16.5. The van der Waals surface area contributed by atoms with Crippen LogP contribution in [0.5, 0.6) is 5.75 Å². The SMILES string of the molecule is CCC1CCC(CN)C(Oc2ccc(C)cc2)C1. The summed E-state index contributed by atoms with van der Waals surface area (Å²) >= 11 is 0. The van der Waals surface area contributed by atoms with E-state index in [4.69, 9.17) is 10.5 Å². The van der Waals surface area contributed by atoms with Gasteiger partial charge in [0, 0.05) is 5.92 Å². The molecule has 2 N–H and O–H groups in total. The summed E-state index contributed by atoms with van der Waals surface area (Å²) < 4.78 is 6.17. The van der Waals surface area contributed by atoms with Crippen LogP contribution in [0.3, 0.4) is 0 Å². The Morgan fingerprint density at radius 1 is 1.22 bits per heavy atom. The molecule has 0 saturated heterocycles. The Balaban J connectivity index is 2.02. The van der Waals surface area contributed by atoms with Crippen molar-refractivity contribution >= 4 is 0 Å². The molecule has 3 atom stereocenters. The molecule has 1 aromatic rings. The molecule has 0 bridgehead atoms. The predicted octanol–water partition coefficient (Wildman–Crippen LogP) is 3.53. The monoisotopic (exact) mass is 247 g/mol. The Kier molecular flexibility index (Phi) is 4.65. The molecule has 1 aliphatic rings. The Morgan fingerprint density at radius 2 is 1.94 bits per heavy atom. The lowest BCUT2D eigenvalue weighted by atomic mass is 9.78. The van der Waals surface area contributed by atoms with Crippen LogP contribution in [0.2, 0.25) is 0 Å². The first-order chi connectivity index (χ1) is 8.72. The Bertz CT molecular complexity index is 360. The van der Waals surface area contributed by atoms with E-state index < -0.39 is 0 Å². The third-order valence-electron chi connectivity index (χ3n) is 4.23. The second kappa shape index (κ2) is 6.24. The number of rotatable bonds is 4. The van der Waals surface area contributed by atoms with Gasteiger partial charge in [-0.3, -0.25) is 0 Å². The number of aryl methyl sites for hydroxylation is 1. The van der Waals surface area contributed by atoms with Crippen LogP contribution in [0, 0.1) is 18.8 Å². The van der Waals surface area contributed by atoms with Gasteiger partial charge in [0.05, 0.1) is 0 Å². The van der Waals surface area contributed by atoms with Crippen LogP contribution in [0.1, 0.15) is 38.2 Å². The van der Waals surface area contributed by atoms with Gasteiger partial charge in [-0.2, -0.15) is 0 Å². The van der Waals surface area contributed by atoms with Crippen molar-refractivity contribution in [2.45, 2.75) is 45.6 Å². The van der Waals surface area contributed by atoms with Crippen molar-refractivity contribution in [2.75, 3.05) is 6.54 Å². The molecule has 3 unspecified atom stereocenters. The number of benzene rings is 1. The van der Waals surface area contributed by atoms with E-state index in [2.05, 4.69) is 38.1 Å². The van der Waals surface area contributed by atoms with Gasteiger partial charge in [-0.15, -0.1) is 0 Å². The summed E-state index contributed by atoms with van der Waals surface area (Å²) in [5, 5.41) is 0. The van der Waals surface area contributed by atoms with E-state index in [1.54, 1.807) is 0 Å². The average Bonchev–Trinajstić information content (AvgIpc) is 2.41. The lowest BCUT2D eigenvalue weighted by Crippen LogP contribution is -2.38. The van der Waals surface area contributed by atoms with E-state index in [0.717, 1.165) is 24.6 Å². The van der Waals surface area contributed by atoms with Crippen LogP contribution in [0.4, 0.5) is 0 Å². The molecule has 1 aromatic carbocycles. The molecule has 0 aromatic heterocycles. The molecule has 0 radical (unpaired) electrons. The minimum Gasteiger partial charge on any atom is -0.490 e. The second-order valence-electron chi connectivity index (χ2n) is 5.55. The highest BCUT2D eigenvalue weighted by Crippen LogP contribution is 2.33. The summed E-state index contributed by atoms with van der Waals surface area (Å²) in [5.41, 5.74) is 7.15. The number of nitrogens with two attached hydrogens (primary N) is 1. The maximum Gasteiger partial charge on any atom is 0.119 e. The van der Waals surface area contributed by atoms with Gasteiger partial charge < -0.3 is 10.5 Å². The van der Waals surface area contributed by atoms with Crippen molar-refractivity contribution in [2.24, 2.45) is 17.6 Å². The summed E-state index contributed by atoms with van der Waals surface area (Å²) in [6.07, 6.45) is 5.24. The van der Waals surface area contributed by atoms with E-state index >= 15 is 0 Å². The molecule has 2 rings (SSSR count). The third kappa shape index (κ3) is 3.26. The minimum atomic E-state index is 0.302. The summed E-state index contributed by atoms with van der Waals surface area (Å²) in [5.74, 6) is 2.32. The Hall–Kier alpha value is -1.02. The van der Waals surface area contributed by atoms with E-state index in [0.29, 0.717) is 12.0 Å². The fourth-order valence-corrected chi connectivity index (χ4v) is 2.85. The van der Waals surface area contributed by atoms with Gasteiger partial charge in [-0.05, 0) is 50.8 Å². The van der Waals surface area contributed by atoms with Crippen molar-refractivity contribution in [3.63, 3.8) is 0 Å². The maximum atomic E-state index is 6.17. The number of ether oxygens (including phenoxy) is 1. The van der Waals surface area contributed by atoms with Crippen LogP contribution in [-0.4, -0.2) is 12.6 Å². The molecule has 1 fully saturated rings. The average molecular weight is 247 g/mol. The molecule has 2 heteroatoms. The van der Waals surface area contributed by atoms with Gasteiger partial charge in [0.15, 0.2) is 0 Å². The smallest absolute Gasteiger partial charge is 0.119 e. The van der Waals surface area contributed by atoms with Gasteiger partial charge in [-0.1, -0.05) is 31.0 Å². The molecule has 0 spiro atoms. The van der Waals surface area contributed by atoms with Crippen LogP contribution in [0.25, 0.3) is 0 Å². The highest BCUT2D eigenvalue weighted by molar-refractivity contribution is 5.26. The molecular weight excluding hydrogens is 222 g/mol. The van der Waals surface area contributed by atoms with Gasteiger partial charge >= 0.3 is 0 Å². The molecule has 0 amide bonds. The molecule has 1 saturated carbocycles. The molecular formula is C16H25NO. The zero-order valence-electron chi connectivity index (χ0n) is 11.6. The fraction of sp³-hybridized carbons (Fsp3) is 0.625. The van der Waals surface area contributed by atoms with Gasteiger partial charge in [-0.25, -0.2) is 0 Å². The van der Waals surface area contributed by atoms with Gasteiger partial charge in [0.1, 0.15) is 11.9 Å². The van der Waals surface area contributed by atoms with E-state index in [1.807, 2.05) is 0 Å². The fourth-order valence-electron chi connectivity index (χ4n) is 2.85. The first kappa shape index (κ1) is 13.4. The molecule has 100 valence electrons. The van der Waals surface area contributed by atoms with Crippen LogP contribution in [-0.2, 0) is 0 Å².